The molecule has 47 heavy (non-hydrogen) atoms. The van der Waals surface area contributed by atoms with Crippen LogP contribution in [0.15, 0.2) is 11.6 Å². The lowest BCUT2D eigenvalue weighted by Gasteiger charge is -2.67. The number of rotatable bonds is 6. The molecule has 7 aliphatic rings. The molecular formula is C39H64O8. The van der Waals surface area contributed by atoms with E-state index in [-0.39, 0.29) is 41.7 Å². The van der Waals surface area contributed by atoms with Crippen LogP contribution in [0.2, 0.25) is 0 Å². The molecule has 2 heterocycles. The summed E-state index contributed by atoms with van der Waals surface area (Å²) in [5.41, 5.74) is 2.70. The molecule has 8 heteroatoms. The molecule has 0 aromatic heterocycles. The fraction of sp³-hybridized carbons (Fsp3) is 0.949. The third-order valence-corrected chi connectivity index (χ3v) is 15.3. The van der Waals surface area contributed by atoms with Crippen molar-refractivity contribution in [1.82, 2.24) is 0 Å². The summed E-state index contributed by atoms with van der Waals surface area (Å²) in [6.07, 6.45) is 12.7. The molecule has 5 aliphatic carbocycles. The minimum atomic E-state index is -0.824. The molecule has 4 saturated carbocycles. The Morgan fingerprint density at radius 3 is 2.40 bits per heavy atom. The molecule has 7 rings (SSSR count). The average molecular weight is 661 g/mol. The maximum atomic E-state index is 10.4. The summed E-state index contributed by atoms with van der Waals surface area (Å²) < 4.78 is 24.9. The van der Waals surface area contributed by atoms with Gasteiger partial charge in [-0.05, 0) is 110 Å². The zero-order valence-corrected chi connectivity index (χ0v) is 29.7. The second-order valence-electron chi connectivity index (χ2n) is 18.5. The van der Waals surface area contributed by atoms with Crippen molar-refractivity contribution in [2.45, 2.75) is 161 Å². The van der Waals surface area contributed by atoms with Gasteiger partial charge in [0.2, 0.25) is 0 Å². The summed E-state index contributed by atoms with van der Waals surface area (Å²) in [6.45, 7) is 13.3. The first-order valence-electron chi connectivity index (χ1n) is 19.2. The molecule has 0 spiro atoms. The van der Waals surface area contributed by atoms with Gasteiger partial charge in [0, 0.05) is 24.7 Å². The van der Waals surface area contributed by atoms with Gasteiger partial charge in [0.05, 0.1) is 44.2 Å². The van der Waals surface area contributed by atoms with Crippen molar-refractivity contribution in [3.05, 3.63) is 11.6 Å². The quantitative estimate of drug-likeness (QED) is 0.211. The van der Waals surface area contributed by atoms with Crippen LogP contribution < -0.4 is 0 Å². The topological polar surface area (TPSA) is 118 Å². The Hall–Kier alpha value is -0.580. The lowest BCUT2D eigenvalue weighted by atomic mass is 9.38. The molecule has 8 nitrogen and oxygen atoms in total. The third-order valence-electron chi connectivity index (χ3n) is 15.3. The number of aliphatic hydroxyl groups is 4. The van der Waals surface area contributed by atoms with Crippen LogP contribution in [0.25, 0.3) is 0 Å². The zero-order valence-electron chi connectivity index (χ0n) is 29.7. The van der Waals surface area contributed by atoms with E-state index in [0.717, 1.165) is 19.3 Å². The summed E-state index contributed by atoms with van der Waals surface area (Å²) in [7, 11) is 0. The summed E-state index contributed by atoms with van der Waals surface area (Å²) in [6, 6.07) is 0. The van der Waals surface area contributed by atoms with Gasteiger partial charge < -0.3 is 39.4 Å². The van der Waals surface area contributed by atoms with E-state index in [1.807, 2.05) is 0 Å². The zero-order chi connectivity index (χ0) is 33.4. The fourth-order valence-corrected chi connectivity index (χ4v) is 12.5. The monoisotopic (exact) mass is 660 g/mol. The number of allylic oxidation sites excluding steroid dienone is 2. The van der Waals surface area contributed by atoms with Gasteiger partial charge in [-0.1, -0.05) is 46.3 Å². The summed E-state index contributed by atoms with van der Waals surface area (Å²) in [5.74, 6) is 2.82. The van der Waals surface area contributed by atoms with E-state index in [4.69, 9.17) is 18.9 Å². The minimum absolute atomic E-state index is 0.0780. The van der Waals surface area contributed by atoms with Crippen LogP contribution in [0.5, 0.6) is 0 Å². The average Bonchev–Trinajstić information content (AvgIpc) is 3.02. The molecule has 2 saturated heterocycles. The molecule has 0 aromatic rings. The van der Waals surface area contributed by atoms with Crippen LogP contribution in [0.1, 0.15) is 118 Å². The van der Waals surface area contributed by atoms with E-state index in [2.05, 4.69) is 40.7 Å². The second-order valence-corrected chi connectivity index (χ2v) is 18.5. The maximum absolute atomic E-state index is 10.4. The SMILES string of the molecule is CC1C(OC2CC(O)CC(CO)O2)CCC2(C)C1CCC1(C)C3CC[C@@]4(COC5CC(O)C(O)CO5)CCC(C)(C)CC4C3=CCC12. The Balaban J connectivity index is 1.08. The van der Waals surface area contributed by atoms with Crippen molar-refractivity contribution < 1.29 is 39.4 Å². The molecule has 0 radical (unpaired) electrons. The van der Waals surface area contributed by atoms with Crippen molar-refractivity contribution in [2.24, 2.45) is 51.2 Å². The molecule has 0 aromatic carbocycles. The summed E-state index contributed by atoms with van der Waals surface area (Å²) >= 11 is 0. The van der Waals surface area contributed by atoms with Gasteiger partial charge >= 0.3 is 0 Å². The molecule has 0 amide bonds. The second kappa shape index (κ2) is 12.9. The normalized spacial score (nSPS) is 52.7. The van der Waals surface area contributed by atoms with Crippen LogP contribution >= 0.6 is 0 Å². The van der Waals surface area contributed by atoms with Crippen molar-refractivity contribution >= 4 is 0 Å². The molecule has 0 bridgehead atoms. The molecule has 15 atom stereocenters. The maximum Gasteiger partial charge on any atom is 0.160 e. The molecule has 268 valence electrons. The molecule has 6 fully saturated rings. The molecule has 4 N–H and O–H groups in total. The van der Waals surface area contributed by atoms with E-state index in [1.54, 1.807) is 5.57 Å². The van der Waals surface area contributed by atoms with Crippen LogP contribution in [0.4, 0.5) is 0 Å². The van der Waals surface area contributed by atoms with E-state index in [1.165, 1.54) is 44.9 Å². The van der Waals surface area contributed by atoms with E-state index < -0.39 is 30.9 Å². The van der Waals surface area contributed by atoms with Crippen molar-refractivity contribution in [3.8, 4) is 0 Å². The van der Waals surface area contributed by atoms with E-state index in [0.29, 0.717) is 60.9 Å². The van der Waals surface area contributed by atoms with Gasteiger partial charge in [-0.25, -0.2) is 0 Å². The van der Waals surface area contributed by atoms with Crippen molar-refractivity contribution in [2.75, 3.05) is 19.8 Å². The lowest BCUT2D eigenvalue weighted by molar-refractivity contribution is -0.262. The Morgan fingerprint density at radius 1 is 0.851 bits per heavy atom. The largest absolute Gasteiger partial charge is 0.394 e. The number of ether oxygens (including phenoxy) is 4. The highest BCUT2D eigenvalue weighted by molar-refractivity contribution is 5.29. The number of hydrogen-bond acceptors (Lipinski definition) is 8. The van der Waals surface area contributed by atoms with E-state index in [9.17, 15) is 20.4 Å². The highest BCUT2D eigenvalue weighted by Crippen LogP contribution is 2.71. The van der Waals surface area contributed by atoms with Gasteiger partial charge in [-0.2, -0.15) is 0 Å². The Bertz CT molecular complexity index is 1160. The number of fused-ring (bicyclic) bond motifs is 7. The minimum Gasteiger partial charge on any atom is -0.394 e. The number of hydrogen-bond donors (Lipinski definition) is 4. The smallest absolute Gasteiger partial charge is 0.160 e. The van der Waals surface area contributed by atoms with Gasteiger partial charge in [-0.3, -0.25) is 0 Å². The molecule has 14 unspecified atom stereocenters. The van der Waals surface area contributed by atoms with Gasteiger partial charge in [-0.15, -0.1) is 0 Å². The van der Waals surface area contributed by atoms with Gasteiger partial charge in [0.15, 0.2) is 12.6 Å². The third kappa shape index (κ3) is 6.21. The van der Waals surface area contributed by atoms with Gasteiger partial charge in [0.1, 0.15) is 6.10 Å². The predicted molar refractivity (Wildman–Crippen MR) is 178 cm³/mol. The summed E-state index contributed by atoms with van der Waals surface area (Å²) in [5, 5.41) is 40.3. The first kappa shape index (κ1) is 34.9. The lowest BCUT2D eigenvalue weighted by Crippen LogP contribution is -2.60. The van der Waals surface area contributed by atoms with Crippen LogP contribution in [0, 0.1) is 51.2 Å². The molecular weight excluding hydrogens is 596 g/mol. The van der Waals surface area contributed by atoms with Gasteiger partial charge in [0.25, 0.3) is 0 Å². The predicted octanol–water partition coefficient (Wildman–Crippen LogP) is 5.74. The number of aliphatic hydroxyl groups excluding tert-OH is 4. The van der Waals surface area contributed by atoms with Crippen molar-refractivity contribution in [3.63, 3.8) is 0 Å². The van der Waals surface area contributed by atoms with E-state index >= 15 is 0 Å². The first-order valence-corrected chi connectivity index (χ1v) is 19.2. The van der Waals surface area contributed by atoms with Crippen LogP contribution in [-0.4, -0.2) is 83.3 Å². The highest BCUT2D eigenvalue weighted by Gasteiger charge is 2.63. The Labute approximate surface area is 283 Å². The Kier molecular flexibility index (Phi) is 9.55. The highest BCUT2D eigenvalue weighted by atomic mass is 16.7. The molecule has 2 aliphatic heterocycles. The first-order chi connectivity index (χ1) is 22.3. The standard InChI is InChI=1S/C39H64O8/c1-23-27-8-11-38(5)28-9-13-39(22-45-34-18-30(42)31(43)21-44-34)15-14-36(2,3)19-29(39)26(28)6-7-33(38)37(27,4)12-10-32(23)47-35-17-24(41)16-25(20-40)46-35/h6,23-25,27-35,40-43H,7-22H2,1-5H3/t23?,24?,25?,27?,28?,29?,30?,31?,32?,33?,34?,35?,37?,38?,39-/m0/s1. The van der Waals surface area contributed by atoms with Crippen molar-refractivity contribution in [1.29, 1.82) is 0 Å². The fourth-order valence-electron chi connectivity index (χ4n) is 12.5. The van der Waals surface area contributed by atoms with Crippen LogP contribution in [0.3, 0.4) is 0 Å². The Morgan fingerprint density at radius 2 is 1.64 bits per heavy atom. The summed E-state index contributed by atoms with van der Waals surface area (Å²) in [4.78, 5) is 0. The van der Waals surface area contributed by atoms with Crippen LogP contribution in [-0.2, 0) is 18.9 Å².